The van der Waals surface area contributed by atoms with Gasteiger partial charge in [0, 0.05) is 0 Å². The first-order valence-corrected chi connectivity index (χ1v) is 5.40. The van der Waals surface area contributed by atoms with Gasteiger partial charge >= 0.3 is 0 Å². The lowest BCUT2D eigenvalue weighted by molar-refractivity contribution is 0.267. The van der Waals surface area contributed by atoms with Gasteiger partial charge in [0.05, 0.1) is 0 Å². The first-order valence-electron chi connectivity index (χ1n) is 5.40. The van der Waals surface area contributed by atoms with Crippen LogP contribution in [-0.4, -0.2) is 0 Å². The molecule has 0 saturated heterocycles. The van der Waals surface area contributed by atoms with Crippen LogP contribution in [0.4, 0.5) is 0 Å². The van der Waals surface area contributed by atoms with Crippen LogP contribution in [-0.2, 0) is 6.61 Å². The average Bonchev–Trinajstić information content (AvgIpc) is 2.60. The van der Waals surface area contributed by atoms with E-state index in [-0.39, 0.29) is 0 Å². The SMILES string of the molecule is Cc1cc(C)cc(OCc2ccc(C)o2)c1. The first-order chi connectivity index (χ1) is 7.63. The van der Waals surface area contributed by atoms with E-state index in [9.17, 15) is 0 Å². The minimum absolute atomic E-state index is 0.483. The monoisotopic (exact) mass is 216 g/mol. The Bertz CT molecular complexity index is 463. The molecule has 0 fully saturated rings. The van der Waals surface area contributed by atoms with Gasteiger partial charge in [-0.15, -0.1) is 0 Å². The third-order valence-corrected chi connectivity index (χ3v) is 2.37. The summed E-state index contributed by atoms with van der Waals surface area (Å²) in [5, 5.41) is 0. The van der Waals surface area contributed by atoms with E-state index in [0.717, 1.165) is 17.3 Å². The highest BCUT2D eigenvalue weighted by atomic mass is 16.5. The molecule has 1 aromatic carbocycles. The van der Waals surface area contributed by atoms with Gasteiger partial charge in [0.2, 0.25) is 0 Å². The lowest BCUT2D eigenvalue weighted by atomic mass is 10.1. The fourth-order valence-corrected chi connectivity index (χ4v) is 1.73. The molecule has 0 amide bonds. The molecule has 0 N–H and O–H groups in total. The molecule has 0 unspecified atom stereocenters. The van der Waals surface area contributed by atoms with E-state index in [1.807, 2.05) is 31.2 Å². The fourth-order valence-electron chi connectivity index (χ4n) is 1.73. The highest BCUT2D eigenvalue weighted by molar-refractivity contribution is 5.33. The van der Waals surface area contributed by atoms with E-state index in [1.54, 1.807) is 0 Å². The molecule has 0 spiro atoms. The third-order valence-electron chi connectivity index (χ3n) is 2.37. The molecule has 2 nitrogen and oxygen atoms in total. The van der Waals surface area contributed by atoms with Gasteiger partial charge in [0.1, 0.15) is 23.9 Å². The molecule has 2 heteroatoms. The number of benzene rings is 1. The van der Waals surface area contributed by atoms with Gasteiger partial charge < -0.3 is 9.15 Å². The second-order valence-electron chi connectivity index (χ2n) is 4.12. The predicted molar refractivity (Wildman–Crippen MR) is 63.7 cm³/mol. The summed E-state index contributed by atoms with van der Waals surface area (Å²) in [4.78, 5) is 0. The van der Waals surface area contributed by atoms with E-state index < -0.39 is 0 Å². The number of hydrogen-bond donors (Lipinski definition) is 0. The van der Waals surface area contributed by atoms with Gasteiger partial charge in [-0.1, -0.05) is 6.07 Å². The molecule has 0 aliphatic rings. The van der Waals surface area contributed by atoms with Gasteiger partial charge in [0.25, 0.3) is 0 Å². The molecule has 1 aromatic heterocycles. The van der Waals surface area contributed by atoms with E-state index in [2.05, 4.69) is 19.9 Å². The van der Waals surface area contributed by atoms with E-state index in [4.69, 9.17) is 9.15 Å². The maximum Gasteiger partial charge on any atom is 0.146 e. The summed E-state index contributed by atoms with van der Waals surface area (Å²) in [7, 11) is 0. The molecule has 16 heavy (non-hydrogen) atoms. The van der Waals surface area contributed by atoms with Gasteiger partial charge in [0.15, 0.2) is 0 Å². The Kier molecular flexibility index (Phi) is 3.00. The van der Waals surface area contributed by atoms with Crippen LogP contribution in [0.25, 0.3) is 0 Å². The Morgan fingerprint density at radius 2 is 1.69 bits per heavy atom. The lowest BCUT2D eigenvalue weighted by Crippen LogP contribution is -1.94. The molecule has 0 aliphatic carbocycles. The van der Waals surface area contributed by atoms with E-state index >= 15 is 0 Å². The summed E-state index contributed by atoms with van der Waals surface area (Å²) in [6, 6.07) is 10.1. The fraction of sp³-hybridized carbons (Fsp3) is 0.286. The summed E-state index contributed by atoms with van der Waals surface area (Å²) in [5.74, 6) is 2.67. The molecule has 0 bridgehead atoms. The summed E-state index contributed by atoms with van der Waals surface area (Å²) < 4.78 is 11.1. The zero-order chi connectivity index (χ0) is 11.5. The zero-order valence-electron chi connectivity index (χ0n) is 9.91. The van der Waals surface area contributed by atoms with Crippen LogP contribution < -0.4 is 4.74 Å². The maximum atomic E-state index is 5.67. The Morgan fingerprint density at radius 3 is 2.25 bits per heavy atom. The third kappa shape index (κ3) is 2.66. The standard InChI is InChI=1S/C14H16O2/c1-10-6-11(2)8-14(7-10)15-9-13-5-4-12(3)16-13/h4-8H,9H2,1-3H3. The van der Waals surface area contributed by atoms with Crippen LogP contribution in [0.15, 0.2) is 34.7 Å². The minimum Gasteiger partial charge on any atom is -0.486 e. The normalized spacial score (nSPS) is 10.4. The Morgan fingerprint density at radius 1 is 1.00 bits per heavy atom. The van der Waals surface area contributed by atoms with Gasteiger partial charge in [-0.25, -0.2) is 0 Å². The first kappa shape index (κ1) is 10.8. The molecule has 0 saturated carbocycles. The van der Waals surface area contributed by atoms with Crippen molar-refractivity contribution in [2.75, 3.05) is 0 Å². The van der Waals surface area contributed by atoms with Crippen molar-refractivity contribution in [2.24, 2.45) is 0 Å². The van der Waals surface area contributed by atoms with Gasteiger partial charge in [-0.3, -0.25) is 0 Å². The van der Waals surface area contributed by atoms with Crippen molar-refractivity contribution in [1.29, 1.82) is 0 Å². The van der Waals surface area contributed by atoms with Crippen molar-refractivity contribution >= 4 is 0 Å². The summed E-state index contributed by atoms with van der Waals surface area (Å²) >= 11 is 0. The molecular weight excluding hydrogens is 200 g/mol. The number of ether oxygens (including phenoxy) is 1. The summed E-state index contributed by atoms with van der Waals surface area (Å²) in [6.45, 7) is 6.55. The molecule has 2 rings (SSSR count). The van der Waals surface area contributed by atoms with Gasteiger partial charge in [-0.05, 0) is 56.2 Å². The molecule has 2 aromatic rings. The second-order valence-corrected chi connectivity index (χ2v) is 4.12. The van der Waals surface area contributed by atoms with Crippen LogP contribution in [0.2, 0.25) is 0 Å². The highest BCUT2D eigenvalue weighted by Gasteiger charge is 2.01. The molecule has 0 atom stereocenters. The van der Waals surface area contributed by atoms with E-state index in [0.29, 0.717) is 6.61 Å². The smallest absolute Gasteiger partial charge is 0.146 e. The quantitative estimate of drug-likeness (QED) is 0.779. The average molecular weight is 216 g/mol. The summed E-state index contributed by atoms with van der Waals surface area (Å²) in [5.41, 5.74) is 2.43. The number of hydrogen-bond acceptors (Lipinski definition) is 2. The highest BCUT2D eigenvalue weighted by Crippen LogP contribution is 2.18. The molecule has 84 valence electrons. The van der Waals surface area contributed by atoms with Crippen LogP contribution in [0.1, 0.15) is 22.6 Å². The summed E-state index contributed by atoms with van der Waals surface area (Å²) in [6.07, 6.45) is 0. The van der Waals surface area contributed by atoms with Gasteiger partial charge in [-0.2, -0.15) is 0 Å². The van der Waals surface area contributed by atoms with Crippen molar-refractivity contribution in [1.82, 2.24) is 0 Å². The van der Waals surface area contributed by atoms with Crippen LogP contribution in [0.3, 0.4) is 0 Å². The number of aryl methyl sites for hydroxylation is 3. The van der Waals surface area contributed by atoms with E-state index in [1.165, 1.54) is 11.1 Å². The van der Waals surface area contributed by atoms with Crippen molar-refractivity contribution in [2.45, 2.75) is 27.4 Å². The maximum absolute atomic E-state index is 5.67. The number of furan rings is 1. The molecular formula is C14H16O2. The second kappa shape index (κ2) is 4.44. The Hall–Kier alpha value is -1.70. The van der Waals surface area contributed by atoms with Crippen molar-refractivity contribution < 1.29 is 9.15 Å². The topological polar surface area (TPSA) is 22.4 Å². The minimum atomic E-state index is 0.483. The predicted octanol–water partition coefficient (Wildman–Crippen LogP) is 3.78. The van der Waals surface area contributed by atoms with Crippen molar-refractivity contribution in [3.05, 3.63) is 53.0 Å². The molecule has 0 radical (unpaired) electrons. The Balaban J connectivity index is 2.04. The Labute approximate surface area is 95.9 Å². The number of rotatable bonds is 3. The molecule has 0 aliphatic heterocycles. The zero-order valence-corrected chi connectivity index (χ0v) is 9.91. The lowest BCUT2D eigenvalue weighted by Gasteiger charge is -2.06. The van der Waals surface area contributed by atoms with Crippen molar-refractivity contribution in [3.8, 4) is 5.75 Å². The van der Waals surface area contributed by atoms with Crippen LogP contribution in [0.5, 0.6) is 5.75 Å². The largest absolute Gasteiger partial charge is 0.486 e. The molecule has 1 heterocycles. The van der Waals surface area contributed by atoms with Crippen LogP contribution in [0, 0.1) is 20.8 Å². The van der Waals surface area contributed by atoms with Crippen molar-refractivity contribution in [3.63, 3.8) is 0 Å². The van der Waals surface area contributed by atoms with Crippen LogP contribution >= 0.6 is 0 Å².